The number of aryl methyl sites for hydroxylation is 2. The number of hydrogen-bond acceptors (Lipinski definition) is 3. The minimum absolute atomic E-state index is 0.0826. The Bertz CT molecular complexity index is 665. The van der Waals surface area contributed by atoms with E-state index in [1.165, 1.54) is 12.1 Å². The molecule has 2 aromatic carbocycles. The van der Waals surface area contributed by atoms with Gasteiger partial charge in [-0.3, -0.25) is 10.1 Å². The summed E-state index contributed by atoms with van der Waals surface area (Å²) in [5.41, 5.74) is 3.97. The van der Waals surface area contributed by atoms with Crippen LogP contribution in [0.5, 0.6) is 5.75 Å². The highest BCUT2D eigenvalue weighted by Gasteiger charge is 2.05. The van der Waals surface area contributed by atoms with E-state index in [0.29, 0.717) is 12.2 Å². The van der Waals surface area contributed by atoms with Crippen molar-refractivity contribution < 1.29 is 10.0 Å². The number of phenols is 1. The van der Waals surface area contributed by atoms with Crippen LogP contribution in [0.15, 0.2) is 42.5 Å². The molecule has 0 aromatic heterocycles. The molecule has 0 heterocycles. The van der Waals surface area contributed by atoms with Crippen LogP contribution >= 0.6 is 0 Å². The van der Waals surface area contributed by atoms with Crippen LogP contribution in [0, 0.1) is 24.0 Å². The molecule has 2 rings (SSSR count). The number of rotatable bonds is 4. The predicted octanol–water partition coefficient (Wildman–Crippen LogP) is 5.20. The van der Waals surface area contributed by atoms with Gasteiger partial charge in [-0.1, -0.05) is 32.1 Å². The van der Waals surface area contributed by atoms with E-state index in [4.69, 9.17) is 0 Å². The molecule has 0 bridgehead atoms. The third kappa shape index (κ3) is 5.25. The van der Waals surface area contributed by atoms with Gasteiger partial charge in [0.05, 0.1) is 4.92 Å². The average Bonchev–Trinajstić information content (AvgIpc) is 2.52. The lowest BCUT2D eigenvalue weighted by Crippen LogP contribution is -1.90. The molecule has 23 heavy (non-hydrogen) atoms. The van der Waals surface area contributed by atoms with E-state index in [1.54, 1.807) is 18.2 Å². The molecule has 0 fully saturated rings. The van der Waals surface area contributed by atoms with E-state index in [0.717, 1.165) is 22.3 Å². The summed E-state index contributed by atoms with van der Waals surface area (Å²) in [4.78, 5) is 10.2. The quantitative estimate of drug-likeness (QED) is 0.623. The lowest BCUT2D eigenvalue weighted by Gasteiger charge is -2.07. The summed E-state index contributed by atoms with van der Waals surface area (Å²) in [7, 11) is 0. The minimum atomic E-state index is -0.415. The normalized spacial score (nSPS) is 10.3. The van der Waals surface area contributed by atoms with Gasteiger partial charge in [-0.15, -0.1) is 0 Å². The summed E-state index contributed by atoms with van der Waals surface area (Å²) >= 11 is 0. The van der Waals surface area contributed by atoms with Crippen LogP contribution in [-0.4, -0.2) is 10.0 Å². The molecule has 1 N–H and O–H groups in total. The number of phenolic OH excluding ortho intramolecular Hbond substituents is 1. The van der Waals surface area contributed by atoms with Gasteiger partial charge >= 0.3 is 0 Å². The Morgan fingerprint density at radius 3 is 2.26 bits per heavy atom. The average molecular weight is 313 g/mol. The van der Waals surface area contributed by atoms with Gasteiger partial charge in [-0.2, -0.15) is 0 Å². The summed E-state index contributed by atoms with van der Waals surface area (Å²) in [6.07, 6.45) is 4.45. The van der Waals surface area contributed by atoms with E-state index in [2.05, 4.69) is 0 Å². The first-order valence-electron chi connectivity index (χ1n) is 7.67. The number of non-ortho nitro benzene ring substituents is 1. The van der Waals surface area contributed by atoms with E-state index in [-0.39, 0.29) is 5.69 Å². The van der Waals surface area contributed by atoms with Gasteiger partial charge in [0.25, 0.3) is 5.69 Å². The second kappa shape index (κ2) is 8.73. The topological polar surface area (TPSA) is 63.4 Å². The Morgan fingerprint density at radius 2 is 1.74 bits per heavy atom. The van der Waals surface area contributed by atoms with Gasteiger partial charge in [0.15, 0.2) is 0 Å². The number of nitro groups is 1. The van der Waals surface area contributed by atoms with Crippen LogP contribution in [0.1, 0.15) is 36.1 Å². The molecule has 0 aliphatic carbocycles. The fourth-order valence-corrected chi connectivity index (χ4v) is 2.26. The molecule has 0 spiro atoms. The van der Waals surface area contributed by atoms with E-state index in [9.17, 15) is 15.2 Å². The second-order valence-corrected chi connectivity index (χ2v) is 5.03. The maximum Gasteiger partial charge on any atom is 0.269 e. The molecule has 0 aliphatic heterocycles. The van der Waals surface area contributed by atoms with Crippen molar-refractivity contribution in [2.75, 3.05) is 0 Å². The Balaban J connectivity index is 0.00000127. The van der Waals surface area contributed by atoms with Crippen molar-refractivity contribution in [1.82, 2.24) is 0 Å². The maximum atomic E-state index is 10.6. The predicted molar refractivity (Wildman–Crippen MR) is 94.8 cm³/mol. The van der Waals surface area contributed by atoms with Crippen LogP contribution in [0.2, 0.25) is 0 Å². The first-order valence-corrected chi connectivity index (χ1v) is 7.67. The van der Waals surface area contributed by atoms with Crippen LogP contribution in [0.4, 0.5) is 5.69 Å². The van der Waals surface area contributed by atoms with Crippen molar-refractivity contribution in [2.45, 2.75) is 34.1 Å². The summed E-state index contributed by atoms with van der Waals surface area (Å²) in [6.45, 7) is 7.92. The highest BCUT2D eigenvalue weighted by Crippen LogP contribution is 2.24. The van der Waals surface area contributed by atoms with Crippen molar-refractivity contribution in [3.63, 3.8) is 0 Å². The van der Waals surface area contributed by atoms with Crippen molar-refractivity contribution >= 4 is 11.8 Å². The summed E-state index contributed by atoms with van der Waals surface area (Å²) in [5.74, 6) is 0.306. The number of allylic oxidation sites excluding steroid dienone is 1. The van der Waals surface area contributed by atoms with Crippen molar-refractivity contribution in [2.24, 2.45) is 0 Å². The smallest absolute Gasteiger partial charge is 0.269 e. The number of nitrogens with zero attached hydrogens (tertiary/aromatic N) is 1. The maximum absolute atomic E-state index is 10.6. The highest BCUT2D eigenvalue weighted by molar-refractivity contribution is 5.53. The summed E-state index contributed by atoms with van der Waals surface area (Å²) < 4.78 is 0. The lowest BCUT2D eigenvalue weighted by molar-refractivity contribution is -0.384. The number of aromatic hydroxyl groups is 1. The third-order valence-corrected chi connectivity index (χ3v) is 3.33. The zero-order valence-corrected chi connectivity index (χ0v) is 14.0. The molecule has 0 unspecified atom stereocenters. The fourth-order valence-electron chi connectivity index (χ4n) is 2.26. The largest absolute Gasteiger partial charge is 0.508 e. The van der Waals surface area contributed by atoms with Gasteiger partial charge in [-0.05, 0) is 55.2 Å². The van der Waals surface area contributed by atoms with Gasteiger partial charge in [-0.25, -0.2) is 0 Å². The van der Waals surface area contributed by atoms with Crippen LogP contribution in [-0.2, 0) is 6.42 Å². The van der Waals surface area contributed by atoms with E-state index in [1.807, 2.05) is 45.9 Å². The van der Waals surface area contributed by atoms with Crippen molar-refractivity contribution in [3.05, 3.63) is 74.8 Å². The minimum Gasteiger partial charge on any atom is -0.508 e. The molecule has 0 radical (unpaired) electrons. The molecule has 4 heteroatoms. The molecule has 2 aromatic rings. The standard InChI is InChI=1S/C17H17NO3.C2H6/c1-12-10-13(2)16(17(19)11-12)5-3-4-14-6-8-15(9-7-14)18(20)21;1-2/h3-4,6-11,19H,5H2,1-2H3;1-2H3/b4-3+;. The molecule has 0 saturated carbocycles. The third-order valence-electron chi connectivity index (χ3n) is 3.33. The van der Waals surface area contributed by atoms with Gasteiger partial charge in [0.2, 0.25) is 0 Å². The fraction of sp³-hybridized carbons (Fsp3) is 0.263. The van der Waals surface area contributed by atoms with Gasteiger partial charge < -0.3 is 5.11 Å². The second-order valence-electron chi connectivity index (χ2n) is 5.03. The number of nitro benzene ring substituents is 1. The van der Waals surface area contributed by atoms with E-state index >= 15 is 0 Å². The molecule has 0 saturated heterocycles. The summed E-state index contributed by atoms with van der Waals surface area (Å²) in [5, 5.41) is 20.5. The van der Waals surface area contributed by atoms with Crippen molar-refractivity contribution in [1.29, 1.82) is 0 Å². The SMILES string of the molecule is CC.Cc1cc(C)c(C/C=C/c2ccc([N+](=O)[O-])cc2)c(O)c1. The monoisotopic (exact) mass is 313 g/mol. The van der Waals surface area contributed by atoms with Gasteiger partial charge in [0.1, 0.15) is 5.75 Å². The zero-order valence-electron chi connectivity index (χ0n) is 14.0. The van der Waals surface area contributed by atoms with Crippen molar-refractivity contribution in [3.8, 4) is 5.75 Å². The summed E-state index contributed by atoms with van der Waals surface area (Å²) in [6, 6.07) is 10.2. The molecular weight excluding hydrogens is 290 g/mol. The van der Waals surface area contributed by atoms with E-state index < -0.39 is 4.92 Å². The van der Waals surface area contributed by atoms with Crippen LogP contribution < -0.4 is 0 Å². The first-order chi connectivity index (χ1) is 11.0. The Labute approximate surface area is 137 Å². The molecule has 0 aliphatic rings. The Hall–Kier alpha value is -2.62. The molecule has 4 nitrogen and oxygen atoms in total. The Kier molecular flexibility index (Phi) is 7.00. The Morgan fingerprint density at radius 1 is 1.13 bits per heavy atom. The lowest BCUT2D eigenvalue weighted by atomic mass is 10.0. The molecule has 0 atom stereocenters. The number of benzene rings is 2. The molecule has 122 valence electrons. The molecule has 0 amide bonds. The first kappa shape index (κ1) is 18.4. The van der Waals surface area contributed by atoms with Crippen LogP contribution in [0.25, 0.3) is 6.08 Å². The highest BCUT2D eigenvalue weighted by atomic mass is 16.6. The zero-order chi connectivity index (χ0) is 17.4. The molecular formula is C19H23NO3. The van der Waals surface area contributed by atoms with Gasteiger partial charge in [0, 0.05) is 17.7 Å². The number of hydrogen-bond donors (Lipinski definition) is 1. The van der Waals surface area contributed by atoms with Crippen LogP contribution in [0.3, 0.4) is 0 Å².